The standard InChI is InChI=1S/C29H26N2O7/c1-31(2)22-18-13-17-12-16-11-10-15(9-8-14-6-4-3-5-7-14)23(32)19(16)24(33)20(17)26(35)29(18,38)27(36)21(25(22)34)28(30)37/h3-7,10-11,17-18,20-22,32,38H,12-13H2,1-2H3,(H2,30,37)/t17-,18-,20?,21?,22-,29-/m0/s1. The summed E-state index contributed by atoms with van der Waals surface area (Å²) in [5, 5.41) is 22.6. The quantitative estimate of drug-likeness (QED) is 0.381. The van der Waals surface area contributed by atoms with Crippen LogP contribution >= 0.6 is 0 Å². The lowest BCUT2D eigenvalue weighted by molar-refractivity contribution is -0.181. The number of aliphatic hydroxyl groups is 1. The average molecular weight is 515 g/mol. The molecule has 0 aromatic heterocycles. The molecule has 0 aliphatic heterocycles. The van der Waals surface area contributed by atoms with E-state index in [0.717, 1.165) is 0 Å². The summed E-state index contributed by atoms with van der Waals surface area (Å²) in [5.41, 5.74) is 3.94. The number of hydrogen-bond donors (Lipinski definition) is 3. The molecule has 0 bridgehead atoms. The van der Waals surface area contributed by atoms with Crippen LogP contribution in [0.5, 0.6) is 5.75 Å². The van der Waals surface area contributed by atoms with Gasteiger partial charge in [0.25, 0.3) is 0 Å². The van der Waals surface area contributed by atoms with Crippen LogP contribution in [-0.2, 0) is 25.6 Å². The molecule has 194 valence electrons. The van der Waals surface area contributed by atoms with Crippen LogP contribution in [0, 0.1) is 35.5 Å². The number of Topliss-reactive ketones (excluding diaryl/α,β-unsaturated/α-hetero) is 4. The van der Waals surface area contributed by atoms with Gasteiger partial charge in [0.15, 0.2) is 34.7 Å². The second-order valence-corrected chi connectivity index (χ2v) is 10.4. The number of nitrogens with zero attached hydrogens (tertiary/aromatic N) is 1. The highest BCUT2D eigenvalue weighted by molar-refractivity contribution is 6.32. The minimum Gasteiger partial charge on any atom is -0.506 e. The third kappa shape index (κ3) is 3.60. The van der Waals surface area contributed by atoms with Gasteiger partial charge in [0.2, 0.25) is 5.91 Å². The molecule has 3 aliphatic carbocycles. The normalized spacial score (nSPS) is 30.2. The van der Waals surface area contributed by atoms with Crippen molar-refractivity contribution in [1.29, 1.82) is 0 Å². The van der Waals surface area contributed by atoms with E-state index in [-0.39, 0.29) is 29.7 Å². The van der Waals surface area contributed by atoms with Gasteiger partial charge in [0.05, 0.1) is 23.1 Å². The Morgan fingerprint density at radius 3 is 2.34 bits per heavy atom. The van der Waals surface area contributed by atoms with Gasteiger partial charge in [-0.25, -0.2) is 0 Å². The predicted octanol–water partition coefficient (Wildman–Crippen LogP) is 0.267. The predicted molar refractivity (Wildman–Crippen MR) is 134 cm³/mol. The SMILES string of the molecule is CN(C)[C@@H]1C(=O)C(C(N)=O)C(=O)[C@@]2(O)C(=O)C3C(=O)c4c(ccc(C#Cc5ccccc5)c4O)C[C@H]3C[C@@H]12. The molecule has 4 N–H and O–H groups in total. The van der Waals surface area contributed by atoms with Gasteiger partial charge >= 0.3 is 0 Å². The number of rotatable bonds is 2. The average Bonchev–Trinajstić information content (AvgIpc) is 2.86. The number of phenolic OH excluding ortho intramolecular Hbond substituents is 1. The first kappa shape index (κ1) is 25.5. The summed E-state index contributed by atoms with van der Waals surface area (Å²) < 4.78 is 0. The summed E-state index contributed by atoms with van der Waals surface area (Å²) in [6, 6.07) is 11.2. The summed E-state index contributed by atoms with van der Waals surface area (Å²) in [7, 11) is 3.09. The number of fused-ring (bicyclic) bond motifs is 3. The van der Waals surface area contributed by atoms with E-state index in [4.69, 9.17) is 5.73 Å². The van der Waals surface area contributed by atoms with Gasteiger partial charge in [-0.1, -0.05) is 36.1 Å². The van der Waals surface area contributed by atoms with Gasteiger partial charge in [-0.3, -0.25) is 28.9 Å². The number of phenols is 1. The summed E-state index contributed by atoms with van der Waals surface area (Å²) in [6.45, 7) is 0. The fourth-order valence-electron chi connectivity index (χ4n) is 6.34. The lowest BCUT2D eigenvalue weighted by Gasteiger charge is -2.52. The van der Waals surface area contributed by atoms with Crippen LogP contribution in [0.3, 0.4) is 0 Å². The molecule has 2 aromatic carbocycles. The molecule has 0 saturated heterocycles. The number of hydrogen-bond acceptors (Lipinski definition) is 8. The summed E-state index contributed by atoms with van der Waals surface area (Å²) >= 11 is 0. The van der Waals surface area contributed by atoms with E-state index in [1.807, 2.05) is 18.2 Å². The van der Waals surface area contributed by atoms with Gasteiger partial charge < -0.3 is 15.9 Å². The van der Waals surface area contributed by atoms with E-state index >= 15 is 0 Å². The third-order valence-electron chi connectivity index (χ3n) is 8.05. The van der Waals surface area contributed by atoms with E-state index in [1.54, 1.807) is 38.4 Å². The summed E-state index contributed by atoms with van der Waals surface area (Å²) in [6.07, 6.45) is 0.228. The zero-order valence-corrected chi connectivity index (χ0v) is 20.8. The Labute approximate surface area is 218 Å². The molecule has 0 radical (unpaired) electrons. The van der Waals surface area contributed by atoms with Crippen molar-refractivity contribution < 1.29 is 34.2 Å². The Morgan fingerprint density at radius 2 is 1.71 bits per heavy atom. The van der Waals surface area contributed by atoms with Crippen LogP contribution in [0.2, 0.25) is 0 Å². The second kappa shape index (κ2) is 9.01. The molecule has 38 heavy (non-hydrogen) atoms. The van der Waals surface area contributed by atoms with Gasteiger partial charge in [-0.05, 0) is 56.6 Å². The maximum Gasteiger partial charge on any atom is 0.235 e. The van der Waals surface area contributed by atoms with Crippen molar-refractivity contribution in [3.8, 4) is 17.6 Å². The molecule has 2 aromatic rings. The minimum absolute atomic E-state index is 0.0141. The number of aromatic hydroxyl groups is 1. The second-order valence-electron chi connectivity index (χ2n) is 10.4. The maximum absolute atomic E-state index is 13.8. The van der Waals surface area contributed by atoms with Gasteiger partial charge in [-0.15, -0.1) is 0 Å². The summed E-state index contributed by atoms with van der Waals surface area (Å²) in [5.74, 6) is -4.89. The van der Waals surface area contributed by atoms with E-state index in [1.165, 1.54) is 4.90 Å². The van der Waals surface area contributed by atoms with Gasteiger partial charge in [0, 0.05) is 11.5 Å². The fraction of sp³-hybridized carbons (Fsp3) is 0.345. The van der Waals surface area contributed by atoms with Crippen molar-refractivity contribution in [3.63, 3.8) is 0 Å². The van der Waals surface area contributed by atoms with Gasteiger partial charge in [0.1, 0.15) is 5.75 Å². The van der Waals surface area contributed by atoms with Crippen LogP contribution in [0.15, 0.2) is 42.5 Å². The van der Waals surface area contributed by atoms with Crippen molar-refractivity contribution in [2.75, 3.05) is 14.1 Å². The highest BCUT2D eigenvalue weighted by Crippen LogP contribution is 2.50. The molecule has 1 amide bonds. The van der Waals surface area contributed by atoms with Crippen LogP contribution in [0.4, 0.5) is 0 Å². The molecule has 3 aliphatic rings. The largest absolute Gasteiger partial charge is 0.506 e. The number of carbonyl (C=O) groups excluding carboxylic acids is 5. The Hall–Kier alpha value is -4.13. The topological polar surface area (TPSA) is 155 Å². The lowest BCUT2D eigenvalue weighted by Crippen LogP contribution is -2.74. The highest BCUT2D eigenvalue weighted by Gasteiger charge is 2.69. The molecular formula is C29H26N2O7. The Balaban J connectivity index is 1.58. The van der Waals surface area contributed by atoms with E-state index in [0.29, 0.717) is 11.1 Å². The first-order valence-electron chi connectivity index (χ1n) is 12.2. The monoisotopic (exact) mass is 514 g/mol. The first-order chi connectivity index (χ1) is 18.0. The van der Waals surface area contributed by atoms with E-state index in [2.05, 4.69) is 11.8 Å². The number of carbonyl (C=O) groups is 5. The highest BCUT2D eigenvalue weighted by atomic mass is 16.3. The minimum atomic E-state index is -2.74. The third-order valence-corrected chi connectivity index (χ3v) is 8.05. The van der Waals surface area contributed by atoms with Crippen molar-refractivity contribution in [2.45, 2.75) is 24.5 Å². The number of benzene rings is 2. The summed E-state index contributed by atoms with van der Waals surface area (Å²) in [4.78, 5) is 67.4. The molecular weight excluding hydrogens is 488 g/mol. The van der Waals surface area contributed by atoms with Gasteiger partial charge in [-0.2, -0.15) is 0 Å². The van der Waals surface area contributed by atoms with Crippen LogP contribution in [0.1, 0.15) is 33.5 Å². The molecule has 0 spiro atoms. The molecule has 5 rings (SSSR count). The Morgan fingerprint density at radius 1 is 1.03 bits per heavy atom. The van der Waals surface area contributed by atoms with Crippen LogP contribution in [-0.4, -0.2) is 69.9 Å². The lowest BCUT2D eigenvalue weighted by atomic mass is 9.52. The molecule has 2 unspecified atom stereocenters. The Bertz CT molecular complexity index is 1470. The van der Waals surface area contributed by atoms with E-state index in [9.17, 15) is 34.2 Å². The smallest absolute Gasteiger partial charge is 0.235 e. The number of ketones is 4. The molecule has 2 fully saturated rings. The number of likely N-dealkylation sites (N-methyl/N-ethyl adjacent to an activating group) is 1. The maximum atomic E-state index is 13.8. The van der Waals surface area contributed by atoms with Crippen molar-refractivity contribution in [3.05, 3.63) is 64.7 Å². The molecule has 9 nitrogen and oxygen atoms in total. The number of amides is 1. The number of primary amides is 1. The van der Waals surface area contributed by atoms with Crippen molar-refractivity contribution >= 4 is 29.0 Å². The Kier molecular flexibility index (Phi) is 6.05. The fourth-order valence-corrected chi connectivity index (χ4v) is 6.34. The van der Waals surface area contributed by atoms with Crippen LogP contribution in [0.25, 0.3) is 0 Å². The first-order valence-corrected chi connectivity index (χ1v) is 12.2. The van der Waals surface area contributed by atoms with Crippen LogP contribution < -0.4 is 5.73 Å². The van der Waals surface area contributed by atoms with Crippen molar-refractivity contribution in [1.82, 2.24) is 4.90 Å². The molecule has 9 heteroatoms. The molecule has 0 heterocycles. The molecule has 6 atom stereocenters. The zero-order chi connectivity index (χ0) is 27.5. The van der Waals surface area contributed by atoms with Crippen molar-refractivity contribution in [2.24, 2.45) is 29.4 Å². The number of nitrogens with two attached hydrogens (primary N) is 1. The molecule has 2 saturated carbocycles. The zero-order valence-electron chi connectivity index (χ0n) is 20.8. The van der Waals surface area contributed by atoms with E-state index < -0.39 is 64.4 Å².